The second kappa shape index (κ2) is 4.85. The Bertz CT molecular complexity index is 447. The van der Waals surface area contributed by atoms with Crippen LogP contribution in [0.25, 0.3) is 0 Å². The maximum Gasteiger partial charge on any atom is 0.239 e. The monoisotopic (exact) mass is 297 g/mol. The maximum atomic E-state index is 11.8. The summed E-state index contributed by atoms with van der Waals surface area (Å²) >= 11 is 3.33. The summed E-state index contributed by atoms with van der Waals surface area (Å²) in [5, 5.41) is 0. The number of nitrogens with one attached hydrogen (secondary N) is 1. The second-order valence-corrected chi connectivity index (χ2v) is 4.81. The molecule has 1 heterocycles. The zero-order valence-electron chi connectivity index (χ0n) is 9.02. The quantitative estimate of drug-likeness (QED) is 0.481. The number of hydrogen-bond acceptors (Lipinski definition) is 3. The molecule has 2 rings (SSSR count). The third-order valence-corrected chi connectivity index (χ3v) is 3.31. The lowest BCUT2D eigenvalue weighted by atomic mass is 10.1. The number of nitrogens with zero attached hydrogens (tertiary/aromatic N) is 1. The fourth-order valence-electron chi connectivity index (χ4n) is 1.87. The lowest BCUT2D eigenvalue weighted by Crippen LogP contribution is -2.37. The Labute approximate surface area is 107 Å². The highest BCUT2D eigenvalue weighted by Gasteiger charge is 2.34. The number of halogens is 1. The first-order valence-electron chi connectivity index (χ1n) is 5.18. The molecule has 6 heteroatoms. The van der Waals surface area contributed by atoms with Gasteiger partial charge in [-0.2, -0.15) is 0 Å². The molecule has 0 spiro atoms. The molecule has 1 saturated heterocycles. The number of nitrogens with two attached hydrogens (primary N) is 1. The van der Waals surface area contributed by atoms with E-state index in [1.54, 1.807) is 4.90 Å². The summed E-state index contributed by atoms with van der Waals surface area (Å²) in [7, 11) is 0. The summed E-state index contributed by atoms with van der Waals surface area (Å²) in [5.74, 6) is 4.35. The second-order valence-electron chi connectivity index (χ2n) is 3.89. The van der Waals surface area contributed by atoms with Gasteiger partial charge in [0, 0.05) is 23.1 Å². The van der Waals surface area contributed by atoms with Crippen molar-refractivity contribution >= 4 is 33.4 Å². The van der Waals surface area contributed by atoms with Crippen LogP contribution in [0.5, 0.6) is 0 Å². The van der Waals surface area contributed by atoms with Gasteiger partial charge in [-0.3, -0.25) is 15.0 Å². The van der Waals surface area contributed by atoms with Crippen LogP contribution in [0.3, 0.4) is 0 Å². The number of carbonyl (C=O) groups is 2. The summed E-state index contributed by atoms with van der Waals surface area (Å²) in [5.41, 5.74) is 2.88. The van der Waals surface area contributed by atoms with Gasteiger partial charge in [-0.15, -0.1) is 0 Å². The molecule has 1 atom stereocenters. The smallest absolute Gasteiger partial charge is 0.239 e. The number of carbonyl (C=O) groups excluding carboxylic acids is 2. The zero-order chi connectivity index (χ0) is 12.4. The van der Waals surface area contributed by atoms with E-state index in [2.05, 4.69) is 21.4 Å². The molecule has 0 aliphatic carbocycles. The van der Waals surface area contributed by atoms with E-state index < -0.39 is 0 Å². The third kappa shape index (κ3) is 2.48. The van der Waals surface area contributed by atoms with Gasteiger partial charge in [0.05, 0.1) is 5.92 Å². The molecule has 90 valence electrons. The molecule has 1 aliphatic rings. The molecular weight excluding hydrogens is 286 g/mol. The molecular formula is C11H12BrN3O2. The van der Waals surface area contributed by atoms with E-state index in [0.717, 1.165) is 10.2 Å². The van der Waals surface area contributed by atoms with E-state index in [9.17, 15) is 9.59 Å². The molecule has 1 aliphatic heterocycles. The molecule has 0 unspecified atom stereocenters. The van der Waals surface area contributed by atoms with Gasteiger partial charge in [0.25, 0.3) is 0 Å². The van der Waals surface area contributed by atoms with Crippen molar-refractivity contribution in [3.05, 3.63) is 28.7 Å². The SMILES string of the molecule is NNC(=O)[C@H]1CC(=O)N(c2ccc(Br)cc2)C1. The minimum Gasteiger partial charge on any atom is -0.312 e. The Morgan fingerprint density at radius 3 is 2.65 bits per heavy atom. The van der Waals surface area contributed by atoms with Gasteiger partial charge in [-0.25, -0.2) is 5.84 Å². The van der Waals surface area contributed by atoms with Gasteiger partial charge in [0.1, 0.15) is 0 Å². The minimum absolute atomic E-state index is 0.0547. The molecule has 1 fully saturated rings. The highest BCUT2D eigenvalue weighted by molar-refractivity contribution is 9.10. The van der Waals surface area contributed by atoms with Gasteiger partial charge in [0.2, 0.25) is 11.8 Å². The number of anilines is 1. The zero-order valence-corrected chi connectivity index (χ0v) is 10.6. The standard InChI is InChI=1S/C11H12BrN3O2/c12-8-1-3-9(4-2-8)15-6-7(5-10(15)16)11(17)14-13/h1-4,7H,5-6,13H2,(H,14,17)/t7-/m0/s1. The molecule has 17 heavy (non-hydrogen) atoms. The van der Waals surface area contributed by atoms with Crippen molar-refractivity contribution in [3.63, 3.8) is 0 Å². The van der Waals surface area contributed by atoms with Gasteiger partial charge in [-0.1, -0.05) is 15.9 Å². The predicted octanol–water partition coefficient (Wildman–Crippen LogP) is 0.792. The molecule has 2 amide bonds. The van der Waals surface area contributed by atoms with Crippen molar-refractivity contribution < 1.29 is 9.59 Å². The highest BCUT2D eigenvalue weighted by Crippen LogP contribution is 2.26. The van der Waals surface area contributed by atoms with Crippen LogP contribution in [-0.4, -0.2) is 18.4 Å². The maximum absolute atomic E-state index is 11.8. The summed E-state index contributed by atoms with van der Waals surface area (Å²) in [4.78, 5) is 24.8. The van der Waals surface area contributed by atoms with Gasteiger partial charge in [-0.05, 0) is 24.3 Å². The lowest BCUT2D eigenvalue weighted by molar-refractivity contribution is -0.126. The Balaban J connectivity index is 2.15. The summed E-state index contributed by atoms with van der Waals surface area (Å²) < 4.78 is 0.948. The van der Waals surface area contributed by atoms with E-state index in [0.29, 0.717) is 6.54 Å². The molecule has 1 aromatic carbocycles. The Kier molecular flexibility index (Phi) is 3.44. The molecule has 0 aromatic heterocycles. The number of amides is 2. The number of hydrogen-bond donors (Lipinski definition) is 2. The number of benzene rings is 1. The van der Waals surface area contributed by atoms with Crippen LogP contribution in [0.2, 0.25) is 0 Å². The molecule has 0 bridgehead atoms. The van der Waals surface area contributed by atoms with Crippen LogP contribution >= 0.6 is 15.9 Å². The van der Waals surface area contributed by atoms with E-state index >= 15 is 0 Å². The highest BCUT2D eigenvalue weighted by atomic mass is 79.9. The van der Waals surface area contributed by atoms with E-state index in [4.69, 9.17) is 5.84 Å². The lowest BCUT2D eigenvalue weighted by Gasteiger charge is -2.16. The summed E-state index contributed by atoms with van der Waals surface area (Å²) in [6.45, 7) is 0.378. The number of rotatable bonds is 2. The van der Waals surface area contributed by atoms with Crippen molar-refractivity contribution in [1.29, 1.82) is 0 Å². The first-order chi connectivity index (χ1) is 8.11. The summed E-state index contributed by atoms with van der Waals surface area (Å²) in [6, 6.07) is 7.40. The van der Waals surface area contributed by atoms with Crippen LogP contribution in [0.4, 0.5) is 5.69 Å². The minimum atomic E-state index is -0.365. The van der Waals surface area contributed by atoms with Gasteiger partial charge < -0.3 is 4.90 Å². The van der Waals surface area contributed by atoms with Crippen molar-refractivity contribution in [2.75, 3.05) is 11.4 Å². The molecule has 3 N–H and O–H groups in total. The first-order valence-corrected chi connectivity index (χ1v) is 5.97. The average Bonchev–Trinajstić information content (AvgIpc) is 2.71. The van der Waals surface area contributed by atoms with Gasteiger partial charge >= 0.3 is 0 Å². The van der Waals surface area contributed by atoms with Crippen molar-refractivity contribution in [2.45, 2.75) is 6.42 Å². The van der Waals surface area contributed by atoms with Crippen LogP contribution in [0.1, 0.15) is 6.42 Å². The Hall–Kier alpha value is -1.40. The Morgan fingerprint density at radius 2 is 2.06 bits per heavy atom. The fourth-order valence-corrected chi connectivity index (χ4v) is 2.14. The largest absolute Gasteiger partial charge is 0.312 e. The normalized spacial score (nSPS) is 19.5. The van der Waals surface area contributed by atoms with Crippen molar-refractivity contribution in [3.8, 4) is 0 Å². The van der Waals surface area contributed by atoms with Crippen LogP contribution in [0.15, 0.2) is 28.7 Å². The third-order valence-electron chi connectivity index (χ3n) is 2.78. The molecule has 5 nitrogen and oxygen atoms in total. The topological polar surface area (TPSA) is 75.4 Å². The van der Waals surface area contributed by atoms with Crippen LogP contribution < -0.4 is 16.2 Å². The predicted molar refractivity (Wildman–Crippen MR) is 66.9 cm³/mol. The van der Waals surface area contributed by atoms with E-state index in [-0.39, 0.29) is 24.2 Å². The fraction of sp³-hybridized carbons (Fsp3) is 0.273. The summed E-state index contributed by atoms with van der Waals surface area (Å²) in [6.07, 6.45) is 0.207. The molecule has 0 saturated carbocycles. The first kappa shape index (κ1) is 12.1. The van der Waals surface area contributed by atoms with Crippen molar-refractivity contribution in [1.82, 2.24) is 5.43 Å². The van der Waals surface area contributed by atoms with E-state index in [1.807, 2.05) is 24.3 Å². The average molecular weight is 298 g/mol. The molecule has 0 radical (unpaired) electrons. The van der Waals surface area contributed by atoms with Crippen LogP contribution in [-0.2, 0) is 9.59 Å². The number of hydrazine groups is 1. The van der Waals surface area contributed by atoms with Crippen LogP contribution in [0, 0.1) is 5.92 Å². The van der Waals surface area contributed by atoms with Crippen molar-refractivity contribution in [2.24, 2.45) is 11.8 Å². The molecule has 1 aromatic rings. The Morgan fingerprint density at radius 1 is 1.41 bits per heavy atom. The van der Waals surface area contributed by atoms with Gasteiger partial charge in [0.15, 0.2) is 0 Å². The van der Waals surface area contributed by atoms with E-state index in [1.165, 1.54) is 0 Å².